The maximum Gasteiger partial charge on any atom is 0.287 e. The lowest BCUT2D eigenvalue weighted by Gasteiger charge is -2.30. The van der Waals surface area contributed by atoms with Crippen LogP contribution in [-0.4, -0.2) is 45.3 Å². The Morgan fingerprint density at radius 1 is 1.10 bits per heavy atom. The van der Waals surface area contributed by atoms with E-state index >= 15 is 0 Å². The number of para-hydroxylation sites is 1. The molecule has 1 amide bonds. The summed E-state index contributed by atoms with van der Waals surface area (Å²) in [5, 5.41) is 14.3. The average molecular weight is 452 g/mol. The summed E-state index contributed by atoms with van der Waals surface area (Å²) >= 11 is 6.23. The smallest absolute Gasteiger partial charge is 0.287 e. The van der Waals surface area contributed by atoms with Crippen molar-refractivity contribution in [3.05, 3.63) is 65.2 Å². The van der Waals surface area contributed by atoms with Crippen LogP contribution in [0.25, 0.3) is 22.2 Å². The fraction of sp³-hybridized carbons (Fsp3) is 0.190. The Bertz CT molecular complexity index is 1200. The first-order valence-electron chi connectivity index (χ1n) is 9.07. The zero-order valence-corrected chi connectivity index (χ0v) is 16.4. The number of aliphatic hydroxyl groups is 1. The van der Waals surface area contributed by atoms with Crippen molar-refractivity contribution in [3.63, 3.8) is 0 Å². The van der Waals surface area contributed by atoms with Crippen LogP contribution in [0.1, 0.15) is 16.8 Å². The number of halogens is 5. The highest BCUT2D eigenvalue weighted by molar-refractivity contribution is 6.33. The van der Waals surface area contributed by atoms with E-state index < -0.39 is 36.6 Å². The first-order valence-corrected chi connectivity index (χ1v) is 9.45. The van der Waals surface area contributed by atoms with Gasteiger partial charge in [-0.2, -0.15) is 10.1 Å². The van der Waals surface area contributed by atoms with Crippen LogP contribution in [0.5, 0.6) is 0 Å². The maximum atomic E-state index is 13.6. The minimum Gasteiger partial charge on any atom is -0.364 e. The van der Waals surface area contributed by atoms with Crippen LogP contribution >= 0.6 is 11.6 Å². The molecule has 31 heavy (non-hydrogen) atoms. The molecule has 5 nitrogen and oxygen atoms in total. The quantitative estimate of drug-likeness (QED) is 0.569. The predicted molar refractivity (Wildman–Crippen MR) is 107 cm³/mol. The van der Waals surface area contributed by atoms with E-state index in [0.717, 1.165) is 0 Å². The molecular weight excluding hydrogens is 438 g/mol. The van der Waals surface area contributed by atoms with Crippen molar-refractivity contribution in [2.45, 2.75) is 25.0 Å². The third-order valence-corrected chi connectivity index (χ3v) is 5.26. The summed E-state index contributed by atoms with van der Waals surface area (Å²) in [5.41, 5.74) is -3.23. The number of carbonyl (C=O) groups excluding carboxylic acids is 1. The number of hydrazone groups is 1. The van der Waals surface area contributed by atoms with Gasteiger partial charge in [0, 0.05) is 22.4 Å². The largest absolute Gasteiger partial charge is 0.364 e. The number of fused-ring (bicyclic) bond motifs is 1. The molecule has 1 aliphatic heterocycles. The topological polar surface area (TPSA) is 65.8 Å². The molecule has 160 valence electrons. The summed E-state index contributed by atoms with van der Waals surface area (Å²) in [4.78, 5) is 17.7. The monoisotopic (exact) mass is 451 g/mol. The van der Waals surface area contributed by atoms with Crippen molar-refractivity contribution in [1.29, 1.82) is 0 Å². The van der Waals surface area contributed by atoms with Gasteiger partial charge in [0.1, 0.15) is 5.71 Å². The zero-order chi connectivity index (χ0) is 22.3. The van der Waals surface area contributed by atoms with Crippen LogP contribution in [0.4, 0.5) is 17.6 Å². The standard InChI is InChI=1S/C21H14ClF4N3O2/c22-14-7-3-1-6-12(14)16-9-13(11-5-2-4-8-15(11)27-16)19(30)29-21(31,20(25)26)10-17(28-29)18(23)24/h1-9,18,20,31H,10H2. The van der Waals surface area contributed by atoms with Crippen molar-refractivity contribution < 1.29 is 27.5 Å². The van der Waals surface area contributed by atoms with E-state index in [1.54, 1.807) is 42.5 Å². The number of alkyl halides is 4. The number of rotatable bonds is 4. The van der Waals surface area contributed by atoms with Gasteiger partial charge in [-0.15, -0.1) is 0 Å². The lowest BCUT2D eigenvalue weighted by atomic mass is 10.0. The van der Waals surface area contributed by atoms with E-state index in [1.807, 2.05) is 0 Å². The molecule has 1 aromatic heterocycles. The van der Waals surface area contributed by atoms with Crippen molar-refractivity contribution in [2.24, 2.45) is 5.10 Å². The summed E-state index contributed by atoms with van der Waals surface area (Å²) < 4.78 is 53.5. The average Bonchev–Trinajstić information content (AvgIpc) is 3.12. The molecule has 0 bridgehead atoms. The maximum absolute atomic E-state index is 13.6. The highest BCUT2D eigenvalue weighted by Gasteiger charge is 2.53. The molecule has 1 atom stereocenters. The Kier molecular flexibility index (Phi) is 5.40. The van der Waals surface area contributed by atoms with Gasteiger partial charge < -0.3 is 5.11 Å². The highest BCUT2D eigenvalue weighted by atomic mass is 35.5. The molecule has 2 aromatic carbocycles. The summed E-state index contributed by atoms with van der Waals surface area (Å²) in [5.74, 6) is -1.16. The van der Waals surface area contributed by atoms with E-state index in [2.05, 4.69) is 10.1 Å². The van der Waals surface area contributed by atoms with Crippen LogP contribution in [0.15, 0.2) is 59.7 Å². The molecule has 1 aliphatic rings. The van der Waals surface area contributed by atoms with Gasteiger partial charge >= 0.3 is 0 Å². The number of hydrogen-bond acceptors (Lipinski definition) is 4. The Balaban J connectivity index is 1.90. The summed E-state index contributed by atoms with van der Waals surface area (Å²) in [7, 11) is 0. The lowest BCUT2D eigenvalue weighted by molar-refractivity contribution is -0.164. The third-order valence-electron chi connectivity index (χ3n) is 4.93. The lowest BCUT2D eigenvalue weighted by Crippen LogP contribution is -2.51. The molecule has 2 heterocycles. The molecule has 0 radical (unpaired) electrons. The van der Waals surface area contributed by atoms with Gasteiger partial charge in [0.05, 0.1) is 16.8 Å². The molecule has 10 heteroatoms. The van der Waals surface area contributed by atoms with Crippen LogP contribution < -0.4 is 0 Å². The van der Waals surface area contributed by atoms with Gasteiger partial charge in [-0.05, 0) is 18.2 Å². The minimum atomic E-state index is -3.52. The van der Waals surface area contributed by atoms with Crippen LogP contribution in [0.2, 0.25) is 5.02 Å². The van der Waals surface area contributed by atoms with Crippen LogP contribution in [-0.2, 0) is 0 Å². The minimum absolute atomic E-state index is 0.0390. The summed E-state index contributed by atoms with van der Waals surface area (Å²) in [6, 6.07) is 14.4. The Labute approximate surface area is 178 Å². The molecule has 3 aromatic rings. The van der Waals surface area contributed by atoms with Gasteiger partial charge in [-0.3, -0.25) is 4.79 Å². The number of pyridine rings is 1. The highest BCUT2D eigenvalue weighted by Crippen LogP contribution is 2.36. The van der Waals surface area contributed by atoms with E-state index in [1.165, 1.54) is 12.1 Å². The Hall–Kier alpha value is -3.04. The van der Waals surface area contributed by atoms with Crippen molar-refractivity contribution in [1.82, 2.24) is 9.99 Å². The third kappa shape index (κ3) is 3.64. The van der Waals surface area contributed by atoms with Crippen molar-refractivity contribution >= 4 is 34.1 Å². The molecule has 0 saturated carbocycles. The van der Waals surface area contributed by atoms with Gasteiger partial charge in [-0.25, -0.2) is 22.5 Å². The van der Waals surface area contributed by atoms with Gasteiger partial charge in [-0.1, -0.05) is 48.0 Å². The fourth-order valence-electron chi connectivity index (χ4n) is 3.38. The molecule has 4 rings (SSSR count). The zero-order valence-electron chi connectivity index (χ0n) is 15.6. The van der Waals surface area contributed by atoms with Crippen LogP contribution in [0.3, 0.4) is 0 Å². The molecule has 0 spiro atoms. The van der Waals surface area contributed by atoms with E-state index in [0.29, 0.717) is 16.1 Å². The number of nitrogens with zero attached hydrogens (tertiary/aromatic N) is 3. The molecule has 1 N–H and O–H groups in total. The summed E-state index contributed by atoms with van der Waals surface area (Å²) in [6.45, 7) is 0. The van der Waals surface area contributed by atoms with Gasteiger partial charge in [0.15, 0.2) is 0 Å². The first kappa shape index (κ1) is 21.2. The number of aromatic nitrogens is 1. The van der Waals surface area contributed by atoms with Crippen LogP contribution in [0, 0.1) is 0 Å². The number of carbonyl (C=O) groups is 1. The molecule has 0 saturated heterocycles. The summed E-state index contributed by atoms with van der Waals surface area (Å²) in [6.07, 6.45) is -7.88. The van der Waals surface area contributed by atoms with E-state index in [9.17, 15) is 27.5 Å². The van der Waals surface area contributed by atoms with E-state index in [-0.39, 0.29) is 21.7 Å². The number of benzene rings is 2. The second-order valence-corrected chi connectivity index (χ2v) is 7.32. The molecule has 0 fully saturated rings. The first-order chi connectivity index (χ1) is 14.7. The van der Waals surface area contributed by atoms with Crippen molar-refractivity contribution in [3.8, 4) is 11.3 Å². The van der Waals surface area contributed by atoms with E-state index in [4.69, 9.17) is 11.6 Å². The number of amides is 1. The Morgan fingerprint density at radius 2 is 1.77 bits per heavy atom. The Morgan fingerprint density at radius 3 is 2.45 bits per heavy atom. The molecule has 0 aliphatic carbocycles. The predicted octanol–water partition coefficient (Wildman–Crippen LogP) is 4.98. The fourth-order valence-corrected chi connectivity index (χ4v) is 3.61. The SMILES string of the molecule is O=C(c1cc(-c2ccccc2Cl)nc2ccccc12)N1N=C(C(F)F)CC1(O)C(F)F. The molecule has 1 unspecified atom stereocenters. The normalized spacial score (nSPS) is 18.8. The molecular formula is C21H14ClF4N3O2. The van der Waals surface area contributed by atoms with Gasteiger partial charge in [0.25, 0.3) is 18.8 Å². The second-order valence-electron chi connectivity index (χ2n) is 6.92. The van der Waals surface area contributed by atoms with Gasteiger partial charge in [0.2, 0.25) is 5.72 Å². The second kappa shape index (κ2) is 7.90. The van der Waals surface area contributed by atoms with Crippen molar-refractivity contribution in [2.75, 3.05) is 0 Å². The number of hydrogen-bond donors (Lipinski definition) is 1.